The second-order valence-corrected chi connectivity index (χ2v) is 13.6. The molecule has 2 aliphatic heterocycles. The molecule has 0 radical (unpaired) electrons. The largest absolute Gasteiger partial charge is 0.494 e. The zero-order valence-corrected chi connectivity index (χ0v) is 29.3. The van der Waals surface area contributed by atoms with Gasteiger partial charge in [0.1, 0.15) is 11.6 Å². The van der Waals surface area contributed by atoms with Gasteiger partial charge in [0.15, 0.2) is 0 Å². The number of nitrogen functional groups attached to an aromatic ring is 1. The van der Waals surface area contributed by atoms with E-state index in [9.17, 15) is 9.59 Å². The number of nitrogens with two attached hydrogens (primary N) is 1. The van der Waals surface area contributed by atoms with Crippen LogP contribution in [0.4, 0.5) is 11.6 Å². The highest BCUT2D eigenvalue weighted by Gasteiger charge is 2.52. The van der Waals surface area contributed by atoms with Crippen LogP contribution >= 0.6 is 0 Å². The lowest BCUT2D eigenvalue weighted by atomic mass is 9.79. The molecule has 0 aliphatic carbocycles. The molecule has 6 rings (SSSR count). The van der Waals surface area contributed by atoms with Crippen molar-refractivity contribution in [2.45, 2.75) is 77.8 Å². The summed E-state index contributed by atoms with van der Waals surface area (Å²) in [5.41, 5.74) is 6.25. The van der Waals surface area contributed by atoms with Crippen molar-refractivity contribution in [3.05, 3.63) is 108 Å². The number of aromatic carboxylic acids is 1. The van der Waals surface area contributed by atoms with Gasteiger partial charge < -0.3 is 34.8 Å². The van der Waals surface area contributed by atoms with E-state index in [1.807, 2.05) is 85.7 Å². The second kappa shape index (κ2) is 14.9. The topological polar surface area (TPSA) is 155 Å². The van der Waals surface area contributed by atoms with Gasteiger partial charge in [-0.15, -0.1) is 0 Å². The molecule has 2 aromatic heterocycles. The van der Waals surface area contributed by atoms with Crippen molar-refractivity contribution in [3.8, 4) is 0 Å². The van der Waals surface area contributed by atoms with E-state index in [2.05, 4.69) is 15.3 Å². The number of nitrogens with one attached hydrogen (secondary N) is 1. The van der Waals surface area contributed by atoms with Crippen molar-refractivity contribution in [3.63, 3.8) is 0 Å². The number of pyridine rings is 2. The van der Waals surface area contributed by atoms with E-state index < -0.39 is 20.2 Å². The van der Waals surface area contributed by atoms with Crippen molar-refractivity contribution < 1.29 is 33.3 Å². The fourth-order valence-electron chi connectivity index (χ4n) is 4.53. The number of carbonyl (C=O) groups is 2. The van der Waals surface area contributed by atoms with Crippen molar-refractivity contribution >= 4 is 48.7 Å². The number of hydrogen-bond donors (Lipinski definition) is 3. The monoisotopic (exact) mass is 666 g/mol. The molecule has 49 heavy (non-hydrogen) atoms. The third-order valence-electron chi connectivity index (χ3n) is 8.98. The molecule has 4 heterocycles. The highest BCUT2D eigenvalue weighted by molar-refractivity contribution is 6.62. The van der Waals surface area contributed by atoms with Gasteiger partial charge in [-0.2, -0.15) is 0 Å². The number of aromatic nitrogens is 2. The summed E-state index contributed by atoms with van der Waals surface area (Å²) in [7, 11) is -0.874. The van der Waals surface area contributed by atoms with Gasteiger partial charge in [0.25, 0.3) is 5.91 Å². The maximum absolute atomic E-state index is 12.2. The normalized spacial score (nSPS) is 18.0. The molecular weight excluding hydrogens is 622 g/mol. The van der Waals surface area contributed by atoms with Gasteiger partial charge in [-0.25, -0.2) is 14.8 Å². The van der Waals surface area contributed by atoms with E-state index in [-0.39, 0.29) is 33.9 Å². The first-order valence-electron chi connectivity index (χ1n) is 15.9. The van der Waals surface area contributed by atoms with Crippen molar-refractivity contribution in [2.75, 3.05) is 11.1 Å². The van der Waals surface area contributed by atoms with Crippen LogP contribution < -0.4 is 22.0 Å². The molecule has 2 aromatic carbocycles. The summed E-state index contributed by atoms with van der Waals surface area (Å²) in [4.78, 5) is 30.9. The molecule has 0 bridgehead atoms. The van der Waals surface area contributed by atoms with Crippen LogP contribution in [0.15, 0.2) is 97.3 Å². The number of carboxylic acids is 1. The summed E-state index contributed by atoms with van der Waals surface area (Å²) in [6.07, 6.45) is 3.30. The fourth-order valence-corrected chi connectivity index (χ4v) is 4.53. The third-order valence-corrected chi connectivity index (χ3v) is 8.98. The predicted octanol–water partition coefficient (Wildman–Crippen LogP) is 4.98. The lowest BCUT2D eigenvalue weighted by Crippen LogP contribution is -2.41. The average molecular weight is 666 g/mol. The van der Waals surface area contributed by atoms with Gasteiger partial charge in [-0.3, -0.25) is 4.79 Å². The number of anilines is 2. The zero-order valence-electron chi connectivity index (χ0n) is 29.3. The minimum absolute atomic E-state index is 0.200. The summed E-state index contributed by atoms with van der Waals surface area (Å²) in [5, 5.41) is 11.6. The van der Waals surface area contributed by atoms with E-state index >= 15 is 0 Å². The highest BCUT2D eigenvalue weighted by atomic mass is 16.7. The maximum Gasteiger partial charge on any atom is 0.494 e. The average Bonchev–Trinajstić information content (AvgIpc) is 3.42. The first-order valence-corrected chi connectivity index (χ1v) is 15.9. The van der Waals surface area contributed by atoms with Crippen LogP contribution in [0.25, 0.3) is 0 Å². The lowest BCUT2D eigenvalue weighted by molar-refractivity contribution is 0.00578. The second-order valence-electron chi connectivity index (χ2n) is 13.6. The molecule has 256 valence electrons. The number of rotatable bonds is 5. The predicted molar refractivity (Wildman–Crippen MR) is 192 cm³/mol. The summed E-state index contributed by atoms with van der Waals surface area (Å²) >= 11 is 0. The van der Waals surface area contributed by atoms with Gasteiger partial charge in [0.2, 0.25) is 0 Å². The van der Waals surface area contributed by atoms with Crippen LogP contribution in [-0.4, -0.2) is 63.6 Å². The summed E-state index contributed by atoms with van der Waals surface area (Å²) in [5.74, 6) is -0.0373. The van der Waals surface area contributed by atoms with E-state index in [1.165, 1.54) is 0 Å². The summed E-state index contributed by atoms with van der Waals surface area (Å²) < 4.78 is 23.8. The molecule has 2 saturated heterocycles. The number of benzene rings is 2. The van der Waals surface area contributed by atoms with Crippen LogP contribution in [0.3, 0.4) is 0 Å². The molecule has 0 spiro atoms. The van der Waals surface area contributed by atoms with Gasteiger partial charge >= 0.3 is 20.2 Å². The molecule has 0 atom stereocenters. The molecule has 13 heteroatoms. The molecule has 0 saturated carbocycles. The number of amides is 1. The van der Waals surface area contributed by atoms with E-state index in [0.717, 1.165) is 10.9 Å². The van der Waals surface area contributed by atoms with Crippen molar-refractivity contribution in [1.82, 2.24) is 9.97 Å². The summed E-state index contributed by atoms with van der Waals surface area (Å²) in [6, 6.07) is 24.6. The van der Waals surface area contributed by atoms with Gasteiger partial charge in [-0.05, 0) is 115 Å². The minimum Gasteiger partial charge on any atom is -0.478 e. The Morgan fingerprint density at radius 1 is 0.612 bits per heavy atom. The molecule has 2 aliphatic rings. The summed E-state index contributed by atoms with van der Waals surface area (Å²) in [6.45, 7) is 16.0. The molecule has 2 fully saturated rings. The zero-order chi connectivity index (χ0) is 36.0. The maximum atomic E-state index is 12.2. The van der Waals surface area contributed by atoms with Crippen molar-refractivity contribution in [2.24, 2.45) is 0 Å². The molecule has 4 N–H and O–H groups in total. The smallest absolute Gasteiger partial charge is 0.478 e. The number of carbonyl (C=O) groups excluding carboxylic acids is 1. The van der Waals surface area contributed by atoms with Crippen molar-refractivity contribution in [1.29, 1.82) is 0 Å². The lowest BCUT2D eigenvalue weighted by Gasteiger charge is -2.32. The molecule has 0 unspecified atom stereocenters. The van der Waals surface area contributed by atoms with Gasteiger partial charge in [0.05, 0.1) is 28.0 Å². The first kappa shape index (κ1) is 37.3. The van der Waals surface area contributed by atoms with E-state index in [1.54, 1.807) is 67.0 Å². The Balaban J connectivity index is 0.000000189. The SMILES string of the molecule is CC1(C)OB(c2ccc(C(=O)Nc3ccccn3)cc2)OC1(C)C.CC1(C)OB(c2ccc(C(=O)O)cc2)OC1(C)C.Nc1ccccn1. The standard InChI is InChI=1S/C18H21BN2O3.C13H17BO4.C5H6N2/c1-17(2)18(3,4)24-19(23-17)14-10-8-13(9-11-14)16(22)21-15-7-5-6-12-20-15;1-12(2)13(3,4)18-14(17-12)10-7-5-9(6-8-10)11(15)16;6-5-3-1-2-4-7-5/h5-12H,1-4H3,(H,20,21,22);5-8H,1-4H3,(H,15,16);1-4H,(H2,6,7). The number of hydrogen-bond acceptors (Lipinski definition) is 9. The minimum atomic E-state index is -0.935. The highest BCUT2D eigenvalue weighted by Crippen LogP contribution is 2.37. The molecular formula is C36H44B2N4O7. The number of nitrogens with zero attached hydrogens (tertiary/aromatic N) is 2. The molecule has 4 aromatic rings. The van der Waals surface area contributed by atoms with Crippen LogP contribution in [0.2, 0.25) is 0 Å². The van der Waals surface area contributed by atoms with Gasteiger partial charge in [0, 0.05) is 18.0 Å². The van der Waals surface area contributed by atoms with Crippen LogP contribution in [0.5, 0.6) is 0 Å². The Hall–Kier alpha value is -4.55. The number of carboxylic acid groups (broad SMARTS) is 1. The van der Waals surface area contributed by atoms with Crippen LogP contribution in [-0.2, 0) is 18.6 Å². The Morgan fingerprint density at radius 3 is 1.35 bits per heavy atom. The molecule has 11 nitrogen and oxygen atoms in total. The van der Waals surface area contributed by atoms with E-state index in [4.69, 9.17) is 29.5 Å². The third kappa shape index (κ3) is 9.33. The fraction of sp³-hybridized carbons (Fsp3) is 0.333. The van der Waals surface area contributed by atoms with Crippen LogP contribution in [0, 0.1) is 0 Å². The Morgan fingerprint density at radius 2 is 1.02 bits per heavy atom. The van der Waals surface area contributed by atoms with Gasteiger partial charge in [-0.1, -0.05) is 36.4 Å². The molecule has 1 amide bonds. The van der Waals surface area contributed by atoms with Crippen LogP contribution in [0.1, 0.15) is 76.1 Å². The first-order chi connectivity index (χ1) is 22.9. The Kier molecular flexibility index (Phi) is 11.3. The van der Waals surface area contributed by atoms with E-state index in [0.29, 0.717) is 17.2 Å². The quantitative estimate of drug-likeness (QED) is 0.249. The Labute approximate surface area is 288 Å². The Bertz CT molecular complexity index is 1670.